The highest BCUT2D eigenvalue weighted by Gasteiger charge is 2.22. The van der Waals surface area contributed by atoms with E-state index in [0.717, 1.165) is 37.7 Å². The van der Waals surface area contributed by atoms with Gasteiger partial charge in [-0.05, 0) is 43.5 Å². The lowest BCUT2D eigenvalue weighted by Gasteiger charge is -2.12. The molecule has 0 atom stereocenters. The van der Waals surface area contributed by atoms with Gasteiger partial charge in [-0.1, -0.05) is 25.0 Å². The summed E-state index contributed by atoms with van der Waals surface area (Å²) in [6, 6.07) is 7.08. The Balaban J connectivity index is 0.00000180. The molecule has 108 valence electrons. The SMILES string of the molecule is Cl.NCCc1ccc(S(=O)(=O)NC2CCCC2)cc1. The molecular formula is C13H21ClN2O2S. The van der Waals surface area contributed by atoms with Crippen molar-refractivity contribution in [2.24, 2.45) is 5.73 Å². The molecule has 2 rings (SSSR count). The van der Waals surface area contributed by atoms with Crippen LogP contribution >= 0.6 is 12.4 Å². The van der Waals surface area contributed by atoms with Crippen molar-refractivity contribution in [1.29, 1.82) is 0 Å². The molecule has 6 heteroatoms. The second-order valence-electron chi connectivity index (χ2n) is 4.79. The van der Waals surface area contributed by atoms with Gasteiger partial charge in [-0.2, -0.15) is 0 Å². The first kappa shape index (κ1) is 16.4. The summed E-state index contributed by atoms with van der Waals surface area (Å²) >= 11 is 0. The number of hydrogen-bond acceptors (Lipinski definition) is 3. The van der Waals surface area contributed by atoms with E-state index in [2.05, 4.69) is 4.72 Å². The summed E-state index contributed by atoms with van der Waals surface area (Å²) in [5.74, 6) is 0. The molecule has 0 amide bonds. The van der Waals surface area contributed by atoms with Crippen LogP contribution in [0.3, 0.4) is 0 Å². The quantitative estimate of drug-likeness (QED) is 0.871. The molecule has 1 aromatic rings. The van der Waals surface area contributed by atoms with Gasteiger partial charge in [0.2, 0.25) is 10.0 Å². The van der Waals surface area contributed by atoms with Gasteiger partial charge < -0.3 is 5.73 Å². The van der Waals surface area contributed by atoms with Crippen molar-refractivity contribution < 1.29 is 8.42 Å². The molecule has 0 unspecified atom stereocenters. The summed E-state index contributed by atoms with van der Waals surface area (Å²) in [5.41, 5.74) is 6.53. The lowest BCUT2D eigenvalue weighted by molar-refractivity contribution is 0.552. The van der Waals surface area contributed by atoms with Crippen LogP contribution in [0.15, 0.2) is 29.2 Å². The van der Waals surface area contributed by atoms with Crippen LogP contribution in [0.2, 0.25) is 0 Å². The molecule has 4 nitrogen and oxygen atoms in total. The lowest BCUT2D eigenvalue weighted by atomic mass is 10.2. The molecule has 1 aromatic carbocycles. The van der Waals surface area contributed by atoms with E-state index in [1.807, 2.05) is 12.1 Å². The van der Waals surface area contributed by atoms with Gasteiger partial charge in [0.25, 0.3) is 0 Å². The summed E-state index contributed by atoms with van der Waals surface area (Å²) in [5, 5.41) is 0. The number of nitrogens with one attached hydrogen (secondary N) is 1. The maximum absolute atomic E-state index is 12.1. The molecule has 1 fully saturated rings. The Morgan fingerprint density at radius 2 is 1.74 bits per heavy atom. The highest BCUT2D eigenvalue weighted by atomic mass is 35.5. The Morgan fingerprint density at radius 1 is 1.16 bits per heavy atom. The fraction of sp³-hybridized carbons (Fsp3) is 0.538. The molecule has 0 aromatic heterocycles. The van der Waals surface area contributed by atoms with E-state index in [1.165, 1.54) is 0 Å². The number of benzene rings is 1. The van der Waals surface area contributed by atoms with Gasteiger partial charge in [-0.15, -0.1) is 12.4 Å². The number of halogens is 1. The van der Waals surface area contributed by atoms with Crippen molar-refractivity contribution in [3.05, 3.63) is 29.8 Å². The topological polar surface area (TPSA) is 72.2 Å². The van der Waals surface area contributed by atoms with E-state index < -0.39 is 10.0 Å². The van der Waals surface area contributed by atoms with Crippen molar-refractivity contribution in [3.63, 3.8) is 0 Å². The average Bonchev–Trinajstić information content (AvgIpc) is 2.82. The second kappa shape index (κ2) is 7.24. The smallest absolute Gasteiger partial charge is 0.240 e. The summed E-state index contributed by atoms with van der Waals surface area (Å²) in [7, 11) is -3.36. The van der Waals surface area contributed by atoms with Crippen LogP contribution in [0.25, 0.3) is 0 Å². The molecule has 19 heavy (non-hydrogen) atoms. The molecule has 1 saturated carbocycles. The van der Waals surface area contributed by atoms with Gasteiger partial charge in [-0.25, -0.2) is 13.1 Å². The van der Waals surface area contributed by atoms with Crippen molar-refractivity contribution in [3.8, 4) is 0 Å². The fourth-order valence-electron chi connectivity index (χ4n) is 2.33. The van der Waals surface area contributed by atoms with E-state index in [1.54, 1.807) is 12.1 Å². The summed E-state index contributed by atoms with van der Waals surface area (Å²) in [4.78, 5) is 0.343. The first-order valence-corrected chi connectivity index (χ1v) is 7.91. The van der Waals surface area contributed by atoms with Gasteiger partial charge in [0.1, 0.15) is 0 Å². The normalized spacial score (nSPS) is 16.3. The molecule has 3 N–H and O–H groups in total. The minimum atomic E-state index is -3.36. The summed E-state index contributed by atoms with van der Waals surface area (Å²) in [6.07, 6.45) is 4.90. The highest BCUT2D eigenvalue weighted by molar-refractivity contribution is 7.89. The van der Waals surface area contributed by atoms with E-state index in [9.17, 15) is 8.42 Å². The van der Waals surface area contributed by atoms with E-state index >= 15 is 0 Å². The number of nitrogens with two attached hydrogens (primary N) is 1. The lowest BCUT2D eigenvalue weighted by Crippen LogP contribution is -2.32. The molecule has 1 aliphatic rings. The Labute approximate surface area is 121 Å². The predicted octanol–water partition coefficient (Wildman–Crippen LogP) is 1.83. The van der Waals surface area contributed by atoms with E-state index in [-0.39, 0.29) is 18.4 Å². The van der Waals surface area contributed by atoms with Crippen molar-refractivity contribution >= 4 is 22.4 Å². The minimum Gasteiger partial charge on any atom is -0.330 e. The maximum Gasteiger partial charge on any atom is 0.240 e. The number of hydrogen-bond donors (Lipinski definition) is 2. The van der Waals surface area contributed by atoms with E-state index in [0.29, 0.717) is 11.4 Å². The summed E-state index contributed by atoms with van der Waals surface area (Å²) < 4.78 is 27.0. The monoisotopic (exact) mass is 304 g/mol. The Kier molecular flexibility index (Phi) is 6.26. The zero-order chi connectivity index (χ0) is 13.0. The number of rotatable bonds is 5. The average molecular weight is 305 g/mol. The molecule has 1 aliphatic carbocycles. The summed E-state index contributed by atoms with van der Waals surface area (Å²) in [6.45, 7) is 0.576. The van der Waals surface area contributed by atoms with Crippen LogP contribution in [0, 0.1) is 0 Å². The van der Waals surface area contributed by atoms with Gasteiger partial charge in [0, 0.05) is 6.04 Å². The van der Waals surface area contributed by atoms with Crippen LogP contribution in [-0.4, -0.2) is 21.0 Å². The fourth-order valence-corrected chi connectivity index (χ4v) is 3.64. The third-order valence-corrected chi connectivity index (χ3v) is 4.88. The molecule has 0 spiro atoms. The first-order chi connectivity index (χ1) is 8.62. The molecule has 0 saturated heterocycles. The van der Waals surface area contributed by atoms with Crippen molar-refractivity contribution in [2.75, 3.05) is 6.54 Å². The van der Waals surface area contributed by atoms with Crippen molar-refractivity contribution in [2.45, 2.75) is 43.0 Å². The Hall–Kier alpha value is -0.620. The molecule has 0 heterocycles. The molecule has 0 aliphatic heterocycles. The highest BCUT2D eigenvalue weighted by Crippen LogP contribution is 2.20. The third-order valence-electron chi connectivity index (χ3n) is 3.34. The molecule has 0 bridgehead atoms. The van der Waals surface area contributed by atoms with Gasteiger partial charge >= 0.3 is 0 Å². The van der Waals surface area contributed by atoms with Crippen LogP contribution in [0.1, 0.15) is 31.2 Å². The second-order valence-corrected chi connectivity index (χ2v) is 6.50. The first-order valence-electron chi connectivity index (χ1n) is 6.43. The van der Waals surface area contributed by atoms with Crippen LogP contribution in [0.5, 0.6) is 0 Å². The largest absolute Gasteiger partial charge is 0.330 e. The van der Waals surface area contributed by atoms with Crippen LogP contribution in [-0.2, 0) is 16.4 Å². The van der Waals surface area contributed by atoms with Gasteiger partial charge in [0.15, 0.2) is 0 Å². The number of sulfonamides is 1. The third kappa shape index (κ3) is 4.45. The standard InChI is InChI=1S/C13H20N2O2S.ClH/c14-10-9-11-5-7-13(8-6-11)18(16,17)15-12-3-1-2-4-12;/h5-8,12,15H,1-4,9-10,14H2;1H. The predicted molar refractivity (Wildman–Crippen MR) is 79.0 cm³/mol. The Morgan fingerprint density at radius 3 is 2.26 bits per heavy atom. The van der Waals surface area contributed by atoms with Crippen LogP contribution in [0.4, 0.5) is 0 Å². The van der Waals surface area contributed by atoms with Crippen molar-refractivity contribution in [1.82, 2.24) is 4.72 Å². The Bertz CT molecular complexity index is 482. The maximum atomic E-state index is 12.1. The molecular weight excluding hydrogens is 284 g/mol. The zero-order valence-corrected chi connectivity index (χ0v) is 12.5. The van der Waals surface area contributed by atoms with Crippen LogP contribution < -0.4 is 10.5 Å². The van der Waals surface area contributed by atoms with Gasteiger partial charge in [-0.3, -0.25) is 0 Å². The zero-order valence-electron chi connectivity index (χ0n) is 10.8. The minimum absolute atomic E-state index is 0. The van der Waals surface area contributed by atoms with Gasteiger partial charge in [0.05, 0.1) is 4.90 Å². The molecule has 0 radical (unpaired) electrons. The van der Waals surface area contributed by atoms with E-state index in [4.69, 9.17) is 5.73 Å².